The first kappa shape index (κ1) is 29.4. The number of carbonyl (C=O) groups excluding carboxylic acids is 2. The van der Waals surface area contributed by atoms with Gasteiger partial charge in [0.05, 0.1) is 16.8 Å². The van der Waals surface area contributed by atoms with Crippen LogP contribution in [-0.4, -0.2) is 40.2 Å². The number of nitrogens with zero attached hydrogens (tertiary/aromatic N) is 1. The molecule has 1 aliphatic heterocycles. The lowest BCUT2D eigenvalue weighted by molar-refractivity contribution is -0.148. The number of carbonyl (C=O) groups is 2. The molecule has 5 nitrogen and oxygen atoms in total. The van der Waals surface area contributed by atoms with Crippen molar-refractivity contribution in [3.63, 3.8) is 0 Å². The van der Waals surface area contributed by atoms with E-state index in [1.165, 1.54) is 0 Å². The van der Waals surface area contributed by atoms with Crippen LogP contribution in [0.1, 0.15) is 90.8 Å². The lowest BCUT2D eigenvalue weighted by Crippen LogP contribution is -2.39. The van der Waals surface area contributed by atoms with Crippen LogP contribution in [0.2, 0.25) is 0 Å². The molecule has 1 N–H and O–H groups in total. The molecular weight excluding hydrogens is 465 g/mol. The first-order chi connectivity index (χ1) is 16.3. The molecule has 0 radical (unpaired) electrons. The molecule has 7 heteroatoms. The normalized spacial score (nSPS) is 31.9. The molecule has 0 spiro atoms. The van der Waals surface area contributed by atoms with Gasteiger partial charge in [0.25, 0.3) is 0 Å². The molecule has 0 saturated heterocycles. The fraction of sp³-hybridized carbons (Fsp3) is 0.679. The number of hydrogen-bond donors (Lipinski definition) is 1. The molecule has 1 aromatic heterocycles. The van der Waals surface area contributed by atoms with Crippen molar-refractivity contribution in [2.45, 2.75) is 105 Å². The lowest BCUT2D eigenvalue weighted by Gasteiger charge is -2.31. The zero-order valence-corrected chi connectivity index (χ0v) is 23.1. The Bertz CT molecular complexity index is 935. The highest BCUT2D eigenvalue weighted by Gasteiger charge is 2.37. The van der Waals surface area contributed by atoms with E-state index in [9.17, 15) is 19.1 Å². The van der Waals surface area contributed by atoms with Crippen LogP contribution in [0.25, 0.3) is 6.08 Å². The van der Waals surface area contributed by atoms with Gasteiger partial charge in [-0.15, -0.1) is 11.3 Å². The second-order valence-electron chi connectivity index (χ2n) is 10.8. The number of alkyl halides is 1. The van der Waals surface area contributed by atoms with Gasteiger partial charge in [-0.25, -0.2) is 9.37 Å². The van der Waals surface area contributed by atoms with Gasteiger partial charge in [0.2, 0.25) is 0 Å². The van der Waals surface area contributed by atoms with E-state index in [2.05, 4.69) is 4.98 Å². The van der Waals surface area contributed by atoms with Gasteiger partial charge in [0.15, 0.2) is 0 Å². The van der Waals surface area contributed by atoms with Crippen molar-refractivity contribution in [2.24, 2.45) is 17.3 Å². The fourth-order valence-corrected chi connectivity index (χ4v) is 5.15. The minimum absolute atomic E-state index is 0.0881. The Morgan fingerprint density at radius 2 is 1.94 bits per heavy atom. The minimum Gasteiger partial charge on any atom is -0.457 e. The molecule has 5 unspecified atom stereocenters. The summed E-state index contributed by atoms with van der Waals surface area (Å²) in [7, 11) is 0. The molecule has 196 valence electrons. The zero-order chi connectivity index (χ0) is 26.3. The fourth-order valence-electron chi connectivity index (χ4n) is 4.58. The highest BCUT2D eigenvalue weighted by molar-refractivity contribution is 7.09. The van der Waals surface area contributed by atoms with Gasteiger partial charge in [-0.05, 0) is 64.0 Å². The number of allylic oxidation sites excluding steroid dienone is 1. The van der Waals surface area contributed by atoms with E-state index in [4.69, 9.17) is 4.74 Å². The average molecular weight is 508 g/mol. The van der Waals surface area contributed by atoms with Crippen LogP contribution in [0.5, 0.6) is 0 Å². The topological polar surface area (TPSA) is 76.5 Å². The number of rotatable bonds is 2. The SMILES string of the molecule is C/C1=C/CC(/C(C)=C/c2csc(C)n2)OC(=O)CCC(C)(C)C(=O)C(C)C(O)C(C)CCC(F)C1. The summed E-state index contributed by atoms with van der Waals surface area (Å²) in [4.78, 5) is 30.4. The highest BCUT2D eigenvalue weighted by Crippen LogP contribution is 2.32. The van der Waals surface area contributed by atoms with Crippen LogP contribution in [0.3, 0.4) is 0 Å². The molecule has 0 saturated carbocycles. The number of Topliss-reactive ketones (excluding diaryl/α,β-unsaturated/α-hetero) is 1. The molecule has 0 aromatic carbocycles. The third kappa shape index (κ3) is 8.94. The van der Waals surface area contributed by atoms with Crippen LogP contribution in [-0.2, 0) is 14.3 Å². The molecule has 0 aliphatic carbocycles. The maximum Gasteiger partial charge on any atom is 0.306 e. The summed E-state index contributed by atoms with van der Waals surface area (Å²) in [5.74, 6) is -1.25. The van der Waals surface area contributed by atoms with Crippen molar-refractivity contribution in [3.8, 4) is 0 Å². The zero-order valence-electron chi connectivity index (χ0n) is 22.3. The van der Waals surface area contributed by atoms with Gasteiger partial charge in [-0.3, -0.25) is 9.59 Å². The number of aliphatic hydroxyl groups excluding tert-OH is 1. The number of aryl methyl sites for hydroxylation is 1. The Morgan fingerprint density at radius 1 is 1.26 bits per heavy atom. The molecule has 2 rings (SSSR count). The number of aliphatic hydroxyl groups is 1. The Hall–Kier alpha value is -1.86. The number of hydrogen-bond acceptors (Lipinski definition) is 6. The second kappa shape index (κ2) is 12.9. The van der Waals surface area contributed by atoms with Crippen molar-refractivity contribution in [2.75, 3.05) is 0 Å². The predicted molar refractivity (Wildman–Crippen MR) is 140 cm³/mol. The van der Waals surface area contributed by atoms with Gasteiger partial charge in [0.1, 0.15) is 18.1 Å². The summed E-state index contributed by atoms with van der Waals surface area (Å²) in [5, 5.41) is 13.7. The number of halogens is 1. The number of cyclic esters (lactones) is 1. The van der Waals surface area contributed by atoms with Crippen molar-refractivity contribution >= 4 is 29.2 Å². The van der Waals surface area contributed by atoms with Crippen molar-refractivity contribution in [1.29, 1.82) is 0 Å². The van der Waals surface area contributed by atoms with Crippen LogP contribution in [0, 0.1) is 24.2 Å². The maximum atomic E-state index is 14.7. The Morgan fingerprint density at radius 3 is 2.57 bits per heavy atom. The van der Waals surface area contributed by atoms with Crippen molar-refractivity contribution < 1.29 is 23.8 Å². The maximum absolute atomic E-state index is 14.7. The van der Waals surface area contributed by atoms with Gasteiger partial charge < -0.3 is 9.84 Å². The molecule has 1 aromatic rings. The summed E-state index contributed by atoms with van der Waals surface area (Å²) in [6.07, 6.45) is 3.50. The second-order valence-corrected chi connectivity index (χ2v) is 11.9. The molecule has 2 heterocycles. The van der Waals surface area contributed by atoms with E-state index in [-0.39, 0.29) is 24.1 Å². The van der Waals surface area contributed by atoms with E-state index in [1.807, 2.05) is 59.1 Å². The van der Waals surface area contributed by atoms with Crippen LogP contribution in [0.4, 0.5) is 4.39 Å². The number of ether oxygens (including phenoxy) is 1. The quantitative estimate of drug-likeness (QED) is 0.359. The Labute approximate surface area is 213 Å². The Balaban J connectivity index is 2.30. The van der Waals surface area contributed by atoms with E-state index < -0.39 is 29.7 Å². The number of ketones is 1. The van der Waals surface area contributed by atoms with Crippen LogP contribution >= 0.6 is 11.3 Å². The molecule has 0 amide bonds. The van der Waals surface area contributed by atoms with Crippen LogP contribution < -0.4 is 0 Å². The van der Waals surface area contributed by atoms with Crippen molar-refractivity contribution in [3.05, 3.63) is 33.3 Å². The van der Waals surface area contributed by atoms with E-state index in [1.54, 1.807) is 18.3 Å². The smallest absolute Gasteiger partial charge is 0.306 e. The summed E-state index contributed by atoms with van der Waals surface area (Å²) in [5.41, 5.74) is 1.80. The molecule has 35 heavy (non-hydrogen) atoms. The van der Waals surface area contributed by atoms with E-state index in [0.29, 0.717) is 32.1 Å². The minimum atomic E-state index is -1.03. The van der Waals surface area contributed by atoms with Gasteiger partial charge in [-0.1, -0.05) is 39.3 Å². The van der Waals surface area contributed by atoms with Crippen molar-refractivity contribution in [1.82, 2.24) is 4.98 Å². The predicted octanol–water partition coefficient (Wildman–Crippen LogP) is 6.63. The first-order valence-electron chi connectivity index (χ1n) is 12.6. The number of thiazole rings is 1. The molecule has 5 atom stereocenters. The number of aromatic nitrogens is 1. The average Bonchev–Trinajstić information content (AvgIpc) is 3.20. The Kier molecular flexibility index (Phi) is 10.8. The molecule has 1 aliphatic rings. The molecule has 0 bridgehead atoms. The highest BCUT2D eigenvalue weighted by atomic mass is 32.1. The lowest BCUT2D eigenvalue weighted by atomic mass is 9.74. The third-order valence-corrected chi connectivity index (χ3v) is 7.87. The first-order valence-corrected chi connectivity index (χ1v) is 13.5. The summed E-state index contributed by atoms with van der Waals surface area (Å²) in [6.45, 7) is 12.9. The standard InChI is InChI=1S/C28H42FNO4S/c1-17-8-11-24(19(3)15-23-16-35-21(5)30-23)34-25(31)12-13-28(6,7)27(33)20(4)26(32)18(2)9-10-22(29)14-17/h8,15-16,18,20,22,24,26,32H,9-14H2,1-7H3/b17-8-,19-15+. The van der Waals surface area contributed by atoms with Gasteiger partial charge in [-0.2, -0.15) is 0 Å². The third-order valence-electron chi connectivity index (χ3n) is 7.08. The van der Waals surface area contributed by atoms with E-state index >= 15 is 0 Å². The summed E-state index contributed by atoms with van der Waals surface area (Å²) >= 11 is 1.56. The number of esters is 1. The van der Waals surface area contributed by atoms with E-state index in [0.717, 1.165) is 21.8 Å². The van der Waals surface area contributed by atoms with Gasteiger partial charge in [0, 0.05) is 29.6 Å². The summed E-state index contributed by atoms with van der Waals surface area (Å²) < 4.78 is 20.6. The van der Waals surface area contributed by atoms with Crippen LogP contribution in [0.15, 0.2) is 22.6 Å². The largest absolute Gasteiger partial charge is 0.457 e. The summed E-state index contributed by atoms with van der Waals surface area (Å²) in [6, 6.07) is 0. The molecular formula is C28H42FNO4S. The van der Waals surface area contributed by atoms with Gasteiger partial charge >= 0.3 is 5.97 Å². The molecule has 0 fully saturated rings. The monoisotopic (exact) mass is 507 g/mol.